The number of benzene rings is 2. The highest BCUT2D eigenvalue weighted by atomic mass is 16.5. The van der Waals surface area contributed by atoms with E-state index in [0.717, 1.165) is 11.3 Å². The average molecular weight is 266 g/mol. The lowest BCUT2D eigenvalue weighted by atomic mass is 10.1. The molecule has 0 aliphatic carbocycles. The summed E-state index contributed by atoms with van der Waals surface area (Å²) in [4.78, 5) is 12.5. The molecule has 3 heteroatoms. The van der Waals surface area contributed by atoms with Gasteiger partial charge in [0.2, 0.25) is 0 Å². The Balaban J connectivity index is 2.17. The van der Waals surface area contributed by atoms with Crippen LogP contribution in [0.15, 0.2) is 64.0 Å². The topological polar surface area (TPSA) is 39.4 Å². The summed E-state index contributed by atoms with van der Waals surface area (Å²) in [5, 5.41) is 0.590. The normalized spacial score (nSPS) is 10.7. The van der Waals surface area contributed by atoms with Gasteiger partial charge in [0.1, 0.15) is 17.6 Å². The van der Waals surface area contributed by atoms with E-state index in [2.05, 4.69) is 0 Å². The molecule has 0 N–H and O–H groups in total. The molecule has 3 rings (SSSR count). The van der Waals surface area contributed by atoms with E-state index in [1.807, 2.05) is 43.3 Å². The molecule has 0 atom stereocenters. The first-order valence-corrected chi connectivity index (χ1v) is 6.53. The van der Waals surface area contributed by atoms with Gasteiger partial charge in [-0.2, -0.15) is 0 Å². The van der Waals surface area contributed by atoms with Gasteiger partial charge in [0.25, 0.3) is 0 Å². The van der Waals surface area contributed by atoms with Gasteiger partial charge in [-0.25, -0.2) is 0 Å². The molecule has 3 aromatic rings. The van der Waals surface area contributed by atoms with Crippen LogP contribution in [0.25, 0.3) is 22.1 Å². The van der Waals surface area contributed by atoms with E-state index in [9.17, 15) is 4.79 Å². The molecule has 2 aromatic carbocycles. The molecule has 0 spiro atoms. The molecule has 0 bridgehead atoms. The molecule has 0 fully saturated rings. The molecule has 0 amide bonds. The minimum Gasteiger partial charge on any atom is -0.494 e. The zero-order valence-electron chi connectivity index (χ0n) is 11.1. The van der Waals surface area contributed by atoms with E-state index >= 15 is 0 Å². The third kappa shape index (κ3) is 2.18. The monoisotopic (exact) mass is 266 g/mol. The third-order valence-electron chi connectivity index (χ3n) is 3.14. The summed E-state index contributed by atoms with van der Waals surface area (Å²) in [6, 6.07) is 14.7. The lowest BCUT2D eigenvalue weighted by Crippen LogP contribution is -2.04. The first kappa shape index (κ1) is 12.5. The molecule has 1 aromatic heterocycles. The van der Waals surface area contributed by atoms with Crippen LogP contribution < -0.4 is 10.2 Å². The van der Waals surface area contributed by atoms with Gasteiger partial charge in [0.15, 0.2) is 5.43 Å². The van der Waals surface area contributed by atoms with E-state index in [4.69, 9.17) is 9.15 Å². The van der Waals surface area contributed by atoms with Gasteiger partial charge in [-0.3, -0.25) is 4.79 Å². The zero-order valence-corrected chi connectivity index (χ0v) is 11.1. The summed E-state index contributed by atoms with van der Waals surface area (Å²) in [6.45, 7) is 2.52. The van der Waals surface area contributed by atoms with E-state index in [1.165, 1.54) is 6.26 Å². The fourth-order valence-corrected chi connectivity index (χ4v) is 2.20. The second-order valence-corrected chi connectivity index (χ2v) is 4.44. The number of para-hydroxylation sites is 1. The summed E-state index contributed by atoms with van der Waals surface area (Å²) in [5.74, 6) is 0.748. The quantitative estimate of drug-likeness (QED) is 0.722. The maximum Gasteiger partial charge on any atom is 0.200 e. The van der Waals surface area contributed by atoms with Gasteiger partial charge in [0.05, 0.1) is 17.6 Å². The molecule has 0 aliphatic rings. The second-order valence-electron chi connectivity index (χ2n) is 4.44. The SMILES string of the molecule is CCOc1cccc(-c2coc3ccccc3c2=O)c1. The molecule has 20 heavy (non-hydrogen) atoms. The summed E-state index contributed by atoms with van der Waals surface area (Å²) >= 11 is 0. The third-order valence-corrected chi connectivity index (χ3v) is 3.14. The van der Waals surface area contributed by atoms with Crippen LogP contribution in [0.4, 0.5) is 0 Å². The van der Waals surface area contributed by atoms with Crippen LogP contribution in [0.2, 0.25) is 0 Å². The number of ether oxygens (including phenoxy) is 1. The Labute approximate surface area is 116 Å². The molecular weight excluding hydrogens is 252 g/mol. The van der Waals surface area contributed by atoms with Crippen molar-refractivity contribution in [2.45, 2.75) is 6.92 Å². The van der Waals surface area contributed by atoms with Crippen molar-refractivity contribution >= 4 is 11.0 Å². The van der Waals surface area contributed by atoms with Crippen LogP contribution in [-0.2, 0) is 0 Å². The van der Waals surface area contributed by atoms with Crippen molar-refractivity contribution in [2.75, 3.05) is 6.61 Å². The lowest BCUT2D eigenvalue weighted by Gasteiger charge is -2.06. The molecule has 0 aliphatic heterocycles. The highest BCUT2D eigenvalue weighted by Gasteiger charge is 2.09. The molecule has 0 saturated heterocycles. The van der Waals surface area contributed by atoms with Gasteiger partial charge < -0.3 is 9.15 Å². The van der Waals surface area contributed by atoms with Crippen molar-refractivity contribution in [3.63, 3.8) is 0 Å². The Kier molecular flexibility index (Phi) is 3.25. The van der Waals surface area contributed by atoms with Gasteiger partial charge >= 0.3 is 0 Å². The molecule has 0 unspecified atom stereocenters. The van der Waals surface area contributed by atoms with E-state index in [-0.39, 0.29) is 5.43 Å². The van der Waals surface area contributed by atoms with Crippen LogP contribution in [0.1, 0.15) is 6.92 Å². The summed E-state index contributed by atoms with van der Waals surface area (Å²) in [5.41, 5.74) is 1.92. The standard InChI is InChI=1S/C17H14O3/c1-2-19-13-7-5-6-12(10-13)15-11-20-16-9-4-3-8-14(16)17(15)18/h3-11H,2H2,1H3. The van der Waals surface area contributed by atoms with Gasteiger partial charge in [-0.15, -0.1) is 0 Å². The van der Waals surface area contributed by atoms with E-state index in [0.29, 0.717) is 23.1 Å². The second kappa shape index (κ2) is 5.21. The van der Waals surface area contributed by atoms with Crippen molar-refractivity contribution in [2.24, 2.45) is 0 Å². The maximum atomic E-state index is 12.5. The van der Waals surface area contributed by atoms with Crippen LogP contribution in [-0.4, -0.2) is 6.61 Å². The van der Waals surface area contributed by atoms with Crippen molar-refractivity contribution in [3.8, 4) is 16.9 Å². The lowest BCUT2D eigenvalue weighted by molar-refractivity contribution is 0.340. The average Bonchev–Trinajstić information content (AvgIpc) is 2.48. The molecule has 0 saturated carbocycles. The Morgan fingerprint density at radius 2 is 1.95 bits per heavy atom. The van der Waals surface area contributed by atoms with Gasteiger partial charge in [-0.1, -0.05) is 24.3 Å². The predicted molar refractivity (Wildman–Crippen MR) is 79.1 cm³/mol. The summed E-state index contributed by atoms with van der Waals surface area (Å²) in [6.07, 6.45) is 1.51. The molecule has 1 heterocycles. The van der Waals surface area contributed by atoms with Crippen molar-refractivity contribution in [1.82, 2.24) is 0 Å². The maximum absolute atomic E-state index is 12.5. The Morgan fingerprint density at radius 3 is 2.80 bits per heavy atom. The number of hydrogen-bond donors (Lipinski definition) is 0. The molecule has 100 valence electrons. The Morgan fingerprint density at radius 1 is 1.10 bits per heavy atom. The van der Waals surface area contributed by atoms with Crippen LogP contribution >= 0.6 is 0 Å². The van der Waals surface area contributed by atoms with Crippen molar-refractivity contribution < 1.29 is 9.15 Å². The largest absolute Gasteiger partial charge is 0.494 e. The fraction of sp³-hybridized carbons (Fsp3) is 0.118. The summed E-state index contributed by atoms with van der Waals surface area (Å²) in [7, 11) is 0. The van der Waals surface area contributed by atoms with E-state index in [1.54, 1.807) is 12.1 Å². The predicted octanol–water partition coefficient (Wildman–Crippen LogP) is 3.86. The Bertz CT molecular complexity index is 802. The molecule has 3 nitrogen and oxygen atoms in total. The van der Waals surface area contributed by atoms with Crippen LogP contribution in [0.5, 0.6) is 5.75 Å². The highest BCUT2D eigenvalue weighted by molar-refractivity contribution is 5.81. The van der Waals surface area contributed by atoms with Gasteiger partial charge in [0, 0.05) is 0 Å². The highest BCUT2D eigenvalue weighted by Crippen LogP contribution is 2.23. The zero-order chi connectivity index (χ0) is 13.9. The van der Waals surface area contributed by atoms with Crippen molar-refractivity contribution in [1.29, 1.82) is 0 Å². The number of rotatable bonds is 3. The molecule has 0 radical (unpaired) electrons. The minimum atomic E-state index is -0.0273. The fourth-order valence-electron chi connectivity index (χ4n) is 2.20. The minimum absolute atomic E-state index is 0.0273. The first-order valence-electron chi connectivity index (χ1n) is 6.53. The Hall–Kier alpha value is -2.55. The van der Waals surface area contributed by atoms with Crippen LogP contribution in [0, 0.1) is 0 Å². The summed E-state index contributed by atoms with van der Waals surface area (Å²) < 4.78 is 11.0. The molecular formula is C17H14O3. The number of hydrogen-bond acceptors (Lipinski definition) is 3. The van der Waals surface area contributed by atoms with Gasteiger partial charge in [-0.05, 0) is 36.8 Å². The first-order chi connectivity index (χ1) is 9.79. The van der Waals surface area contributed by atoms with E-state index < -0.39 is 0 Å². The smallest absolute Gasteiger partial charge is 0.200 e. The van der Waals surface area contributed by atoms with Crippen LogP contribution in [0.3, 0.4) is 0 Å². The number of fused-ring (bicyclic) bond motifs is 1. The van der Waals surface area contributed by atoms with Crippen molar-refractivity contribution in [3.05, 3.63) is 65.0 Å².